The molecule has 0 bridgehead atoms. The van der Waals surface area contributed by atoms with Gasteiger partial charge in [0.1, 0.15) is 0 Å². The van der Waals surface area contributed by atoms with Gasteiger partial charge in [0.05, 0.1) is 11.4 Å². The molecule has 0 saturated heterocycles. The lowest BCUT2D eigenvalue weighted by Gasteiger charge is -2.18. The van der Waals surface area contributed by atoms with Crippen molar-refractivity contribution in [1.82, 2.24) is 14.7 Å². The third kappa shape index (κ3) is 4.48. The molecular formula is C13H26N4. The highest BCUT2D eigenvalue weighted by molar-refractivity contribution is 5.10. The fourth-order valence-corrected chi connectivity index (χ4v) is 1.87. The van der Waals surface area contributed by atoms with E-state index in [9.17, 15) is 0 Å². The molecule has 0 saturated carbocycles. The molecule has 1 aromatic heterocycles. The average Bonchev–Trinajstić information content (AvgIpc) is 2.68. The Kier molecular flexibility index (Phi) is 5.65. The molecule has 0 radical (unpaired) electrons. The van der Waals surface area contributed by atoms with Crippen molar-refractivity contribution in [3.05, 3.63) is 17.5 Å². The van der Waals surface area contributed by atoms with Crippen LogP contribution in [-0.4, -0.2) is 34.3 Å². The summed E-state index contributed by atoms with van der Waals surface area (Å²) < 4.78 is 2.10. The maximum Gasteiger partial charge on any atom is 0.0625 e. The smallest absolute Gasteiger partial charge is 0.0625 e. The number of hydrogen-bond donors (Lipinski definition) is 1. The summed E-state index contributed by atoms with van der Waals surface area (Å²) in [5, 5.41) is 4.56. The number of rotatable bonds is 7. The molecule has 4 heteroatoms. The number of nitrogens with two attached hydrogens (primary N) is 1. The molecular weight excluding hydrogens is 212 g/mol. The first-order valence-electron chi connectivity index (χ1n) is 6.56. The Morgan fingerprint density at radius 2 is 2.18 bits per heavy atom. The van der Waals surface area contributed by atoms with E-state index in [1.54, 1.807) is 0 Å². The van der Waals surface area contributed by atoms with Gasteiger partial charge in [0.15, 0.2) is 0 Å². The van der Waals surface area contributed by atoms with Gasteiger partial charge in [-0.05, 0) is 46.3 Å². The molecule has 0 aliphatic rings. The van der Waals surface area contributed by atoms with Crippen molar-refractivity contribution in [3.63, 3.8) is 0 Å². The zero-order chi connectivity index (χ0) is 12.8. The Morgan fingerprint density at radius 3 is 2.71 bits per heavy atom. The standard InChI is InChI=1S/C13H26N4/c1-5-12-9-13(17(6-2)15-12)10-16(4)8-7-11(3)14/h9,11H,5-8,10,14H2,1-4H3. The molecule has 1 heterocycles. The number of hydrogen-bond acceptors (Lipinski definition) is 3. The van der Waals surface area contributed by atoms with E-state index in [-0.39, 0.29) is 6.04 Å². The van der Waals surface area contributed by atoms with Crippen LogP contribution in [0.1, 0.15) is 38.6 Å². The van der Waals surface area contributed by atoms with Crippen LogP contribution in [-0.2, 0) is 19.5 Å². The molecule has 0 aromatic carbocycles. The Bertz CT molecular complexity index is 330. The Morgan fingerprint density at radius 1 is 1.47 bits per heavy atom. The van der Waals surface area contributed by atoms with Gasteiger partial charge in [0, 0.05) is 19.1 Å². The van der Waals surface area contributed by atoms with Gasteiger partial charge in [-0.3, -0.25) is 4.68 Å². The summed E-state index contributed by atoms with van der Waals surface area (Å²) in [6.45, 7) is 9.27. The SMILES string of the molecule is CCc1cc(CN(C)CCC(C)N)n(CC)n1. The van der Waals surface area contributed by atoms with Gasteiger partial charge in [0.25, 0.3) is 0 Å². The lowest BCUT2D eigenvalue weighted by Crippen LogP contribution is -2.26. The highest BCUT2D eigenvalue weighted by atomic mass is 15.3. The van der Waals surface area contributed by atoms with Crippen LogP contribution in [0.5, 0.6) is 0 Å². The Balaban J connectivity index is 2.57. The van der Waals surface area contributed by atoms with Crippen molar-refractivity contribution in [2.75, 3.05) is 13.6 Å². The normalized spacial score (nSPS) is 13.3. The van der Waals surface area contributed by atoms with E-state index in [1.165, 1.54) is 11.4 Å². The van der Waals surface area contributed by atoms with Crippen LogP contribution in [0.3, 0.4) is 0 Å². The van der Waals surface area contributed by atoms with E-state index in [2.05, 4.69) is 48.6 Å². The van der Waals surface area contributed by atoms with Gasteiger partial charge >= 0.3 is 0 Å². The van der Waals surface area contributed by atoms with Gasteiger partial charge in [-0.25, -0.2) is 0 Å². The maximum absolute atomic E-state index is 5.77. The van der Waals surface area contributed by atoms with E-state index >= 15 is 0 Å². The molecule has 1 atom stereocenters. The fraction of sp³-hybridized carbons (Fsp3) is 0.769. The summed E-state index contributed by atoms with van der Waals surface area (Å²) in [4.78, 5) is 2.31. The third-order valence-corrected chi connectivity index (χ3v) is 2.97. The van der Waals surface area contributed by atoms with Crippen LogP contribution in [0.15, 0.2) is 6.07 Å². The lowest BCUT2D eigenvalue weighted by atomic mass is 10.2. The fourth-order valence-electron chi connectivity index (χ4n) is 1.87. The van der Waals surface area contributed by atoms with Crippen LogP contribution in [0.25, 0.3) is 0 Å². The quantitative estimate of drug-likeness (QED) is 0.785. The monoisotopic (exact) mass is 238 g/mol. The molecule has 1 aromatic rings. The minimum atomic E-state index is 0.278. The summed E-state index contributed by atoms with van der Waals surface area (Å²) in [5.41, 5.74) is 8.26. The average molecular weight is 238 g/mol. The first-order chi connectivity index (χ1) is 8.06. The van der Waals surface area contributed by atoms with Crippen molar-refractivity contribution < 1.29 is 0 Å². The Hall–Kier alpha value is -0.870. The largest absolute Gasteiger partial charge is 0.328 e. The highest BCUT2D eigenvalue weighted by Crippen LogP contribution is 2.08. The second-order valence-electron chi connectivity index (χ2n) is 4.80. The van der Waals surface area contributed by atoms with Crippen molar-refractivity contribution in [3.8, 4) is 0 Å². The zero-order valence-corrected chi connectivity index (χ0v) is 11.6. The predicted octanol–water partition coefficient (Wildman–Crippen LogP) is 1.63. The molecule has 2 N–H and O–H groups in total. The molecule has 0 aliphatic heterocycles. The van der Waals surface area contributed by atoms with Gasteiger partial charge in [-0.2, -0.15) is 5.10 Å². The van der Waals surface area contributed by atoms with Gasteiger partial charge in [0.2, 0.25) is 0 Å². The van der Waals surface area contributed by atoms with Crippen molar-refractivity contribution in [1.29, 1.82) is 0 Å². The van der Waals surface area contributed by atoms with Crippen molar-refractivity contribution >= 4 is 0 Å². The Labute approximate surface area is 105 Å². The van der Waals surface area contributed by atoms with Crippen LogP contribution in [0.2, 0.25) is 0 Å². The van der Waals surface area contributed by atoms with Crippen molar-refractivity contribution in [2.45, 2.75) is 52.7 Å². The first kappa shape index (κ1) is 14.2. The number of aryl methyl sites for hydroxylation is 2. The van der Waals surface area contributed by atoms with Crippen LogP contribution < -0.4 is 5.73 Å². The van der Waals surface area contributed by atoms with E-state index in [1.807, 2.05) is 0 Å². The molecule has 98 valence electrons. The van der Waals surface area contributed by atoms with E-state index < -0.39 is 0 Å². The summed E-state index contributed by atoms with van der Waals surface area (Å²) >= 11 is 0. The third-order valence-electron chi connectivity index (χ3n) is 2.97. The second kappa shape index (κ2) is 6.77. The molecule has 4 nitrogen and oxygen atoms in total. The molecule has 1 unspecified atom stereocenters. The van der Waals surface area contributed by atoms with Gasteiger partial charge in [-0.15, -0.1) is 0 Å². The minimum absolute atomic E-state index is 0.278. The summed E-state index contributed by atoms with van der Waals surface area (Å²) in [5.74, 6) is 0. The van der Waals surface area contributed by atoms with Crippen LogP contribution in [0, 0.1) is 0 Å². The number of aromatic nitrogens is 2. The predicted molar refractivity (Wildman–Crippen MR) is 71.9 cm³/mol. The minimum Gasteiger partial charge on any atom is -0.328 e. The lowest BCUT2D eigenvalue weighted by molar-refractivity contribution is 0.303. The van der Waals surface area contributed by atoms with E-state index in [0.29, 0.717) is 0 Å². The van der Waals surface area contributed by atoms with E-state index in [4.69, 9.17) is 5.73 Å². The molecule has 0 fully saturated rings. The highest BCUT2D eigenvalue weighted by Gasteiger charge is 2.08. The molecule has 1 rings (SSSR count). The van der Waals surface area contributed by atoms with Crippen LogP contribution in [0.4, 0.5) is 0 Å². The molecule has 0 spiro atoms. The summed E-state index contributed by atoms with van der Waals surface area (Å²) in [7, 11) is 2.14. The number of nitrogens with zero attached hydrogens (tertiary/aromatic N) is 3. The van der Waals surface area contributed by atoms with Gasteiger partial charge in [-0.1, -0.05) is 6.92 Å². The van der Waals surface area contributed by atoms with Crippen LogP contribution >= 0.6 is 0 Å². The maximum atomic E-state index is 5.77. The van der Waals surface area contributed by atoms with Crippen molar-refractivity contribution in [2.24, 2.45) is 5.73 Å². The molecule has 17 heavy (non-hydrogen) atoms. The first-order valence-corrected chi connectivity index (χ1v) is 6.56. The topological polar surface area (TPSA) is 47.1 Å². The van der Waals surface area contributed by atoms with E-state index in [0.717, 1.165) is 32.5 Å². The van der Waals surface area contributed by atoms with Gasteiger partial charge < -0.3 is 10.6 Å². The summed E-state index contributed by atoms with van der Waals surface area (Å²) in [6, 6.07) is 2.49. The summed E-state index contributed by atoms with van der Waals surface area (Å²) in [6.07, 6.45) is 2.04. The molecule has 0 amide bonds. The zero-order valence-electron chi connectivity index (χ0n) is 11.6. The second-order valence-corrected chi connectivity index (χ2v) is 4.80. The molecule has 0 aliphatic carbocycles.